The molecule has 0 fully saturated rings. The maximum atomic E-state index is 16.8. The molecule has 0 aliphatic heterocycles. The summed E-state index contributed by atoms with van der Waals surface area (Å²) in [6.45, 7) is 0. The summed E-state index contributed by atoms with van der Waals surface area (Å²) in [6, 6.07) is 30.2. The summed E-state index contributed by atoms with van der Waals surface area (Å²) in [5, 5.41) is -0.567. The molecule has 61 heavy (non-hydrogen) atoms. The van der Waals surface area contributed by atoms with Crippen LogP contribution in [0.3, 0.4) is 0 Å². The van der Waals surface area contributed by atoms with Gasteiger partial charge in [0.05, 0.1) is 11.1 Å². The Morgan fingerprint density at radius 1 is 0.361 bits per heavy atom. The summed E-state index contributed by atoms with van der Waals surface area (Å²) in [5.74, 6) is -18.1. The number of hydrogen-bond donors (Lipinski definition) is 0. The number of halogens is 12. The van der Waals surface area contributed by atoms with Gasteiger partial charge < -0.3 is 8.83 Å². The van der Waals surface area contributed by atoms with Crippen molar-refractivity contribution in [1.29, 1.82) is 0 Å². The summed E-state index contributed by atoms with van der Waals surface area (Å²) in [4.78, 5) is 0. The van der Waals surface area contributed by atoms with Gasteiger partial charge in [-0.05, 0) is 70.8 Å². The number of benzene rings is 6. The molecule has 2 aromatic heterocycles. The Hall–Kier alpha value is -6.70. The monoisotopic (exact) mass is 848 g/mol. The fourth-order valence-electron chi connectivity index (χ4n) is 7.73. The van der Waals surface area contributed by atoms with E-state index in [2.05, 4.69) is 0 Å². The second-order valence-corrected chi connectivity index (χ2v) is 14.4. The van der Waals surface area contributed by atoms with Crippen LogP contribution in [0.2, 0.25) is 0 Å². The lowest BCUT2D eigenvalue weighted by atomic mass is 9.88. The summed E-state index contributed by atoms with van der Waals surface area (Å²) < 4.78 is 191. The molecule has 308 valence electrons. The van der Waals surface area contributed by atoms with Gasteiger partial charge in [-0.1, -0.05) is 97.1 Å². The minimum atomic E-state index is -6.03. The fraction of sp³-hybridized carbons (Fsp3) is 0.106. The maximum Gasteiger partial charge on any atom is 0.416 e. The molecular weight excluding hydrogens is 824 g/mol. The molecule has 0 saturated carbocycles. The second kappa shape index (κ2) is 13.7. The molecule has 0 unspecified atom stereocenters. The maximum absolute atomic E-state index is 16.8. The lowest BCUT2D eigenvalue weighted by Gasteiger charge is -2.26. The van der Waals surface area contributed by atoms with Crippen molar-refractivity contribution in [3.8, 4) is 44.9 Å². The van der Waals surface area contributed by atoms with E-state index in [1.807, 2.05) is 0 Å². The van der Waals surface area contributed by atoms with Crippen molar-refractivity contribution in [2.45, 2.75) is 30.1 Å². The van der Waals surface area contributed by atoms with Gasteiger partial charge in [0.2, 0.25) is 0 Å². The number of rotatable bonds is 6. The van der Waals surface area contributed by atoms with Gasteiger partial charge >= 0.3 is 30.1 Å². The number of hydrogen-bond acceptors (Lipinski definition) is 2. The van der Waals surface area contributed by atoms with Crippen LogP contribution >= 0.6 is 0 Å². The smallest absolute Gasteiger partial charge is 0.416 e. The first-order chi connectivity index (χ1) is 28.8. The minimum Gasteiger partial charge on any atom is -0.455 e. The van der Waals surface area contributed by atoms with E-state index in [0.717, 1.165) is 48.5 Å². The molecule has 0 spiro atoms. The zero-order chi connectivity index (χ0) is 43.3. The van der Waals surface area contributed by atoms with Crippen molar-refractivity contribution in [2.24, 2.45) is 0 Å². The second-order valence-electron chi connectivity index (χ2n) is 14.4. The molecule has 6 aromatic carbocycles. The van der Waals surface area contributed by atoms with Gasteiger partial charge in [0.1, 0.15) is 22.7 Å². The van der Waals surface area contributed by atoms with Crippen molar-refractivity contribution < 1.29 is 61.5 Å². The van der Waals surface area contributed by atoms with E-state index in [-0.39, 0.29) is 55.3 Å². The predicted octanol–water partition coefficient (Wildman–Crippen LogP) is 15.7. The molecule has 0 radical (unpaired) electrons. The van der Waals surface area contributed by atoms with Crippen LogP contribution < -0.4 is 0 Å². The van der Waals surface area contributed by atoms with Crippen LogP contribution in [-0.2, 0) is 12.4 Å². The van der Waals surface area contributed by atoms with Crippen molar-refractivity contribution in [2.75, 3.05) is 0 Å². The van der Waals surface area contributed by atoms with Crippen LogP contribution in [0.1, 0.15) is 22.3 Å². The van der Waals surface area contributed by atoms with Gasteiger partial charge in [-0.3, -0.25) is 0 Å². The number of fused-ring (bicyclic) bond motifs is 2. The van der Waals surface area contributed by atoms with Gasteiger partial charge in [-0.2, -0.15) is 52.7 Å². The average Bonchev–Trinajstić information content (AvgIpc) is 3.83. The SMILES string of the molecule is FC(F)(F)c1ccc(-c2ccc3c(C4=C(c5c(-c6ccccc6)oc6cc(-c7ccc(C(F)(F)F)cc7)ccc56)C(F)(F)C(F)(F)C4(F)F)c(-c4ccccc4)oc3c2)cc1. The summed E-state index contributed by atoms with van der Waals surface area (Å²) in [7, 11) is 0. The topological polar surface area (TPSA) is 26.3 Å². The Kier molecular flexibility index (Phi) is 8.90. The third-order valence-corrected chi connectivity index (χ3v) is 10.7. The average molecular weight is 849 g/mol. The first kappa shape index (κ1) is 39.7. The Balaban J connectivity index is 1.34. The summed E-state index contributed by atoms with van der Waals surface area (Å²) in [6.07, 6.45) is -9.28. The largest absolute Gasteiger partial charge is 0.455 e. The normalized spacial score (nSPS) is 16.2. The minimum absolute atomic E-state index is 0.0486. The van der Waals surface area contributed by atoms with E-state index >= 15 is 26.3 Å². The van der Waals surface area contributed by atoms with Crippen LogP contribution in [0.5, 0.6) is 0 Å². The van der Waals surface area contributed by atoms with Crippen molar-refractivity contribution >= 4 is 33.1 Å². The van der Waals surface area contributed by atoms with Crippen molar-refractivity contribution in [3.05, 3.63) is 168 Å². The Morgan fingerprint density at radius 2 is 0.689 bits per heavy atom. The van der Waals surface area contributed by atoms with E-state index in [4.69, 9.17) is 8.83 Å². The van der Waals surface area contributed by atoms with Gasteiger partial charge in [0.25, 0.3) is 0 Å². The van der Waals surface area contributed by atoms with Gasteiger partial charge in [0.15, 0.2) is 0 Å². The molecule has 9 rings (SSSR count). The molecule has 2 nitrogen and oxygen atoms in total. The highest BCUT2D eigenvalue weighted by Crippen LogP contribution is 2.67. The van der Waals surface area contributed by atoms with Crippen LogP contribution in [-0.4, -0.2) is 17.8 Å². The van der Waals surface area contributed by atoms with E-state index in [0.29, 0.717) is 0 Å². The Labute approximate surface area is 337 Å². The van der Waals surface area contributed by atoms with Gasteiger partial charge in [0, 0.05) is 44.2 Å². The zero-order valence-electron chi connectivity index (χ0n) is 30.7. The number of allylic oxidation sites excluding steroid dienone is 2. The third-order valence-electron chi connectivity index (χ3n) is 10.7. The standard InChI is InChI=1S/C47H24F12O2/c48-43(49)39(37-33-21-15-29(25-11-17-31(18-12-25)45(52,53)54)23-35(33)60-41(37)27-7-3-1-4-8-27)40(44(50,51)47(43,58)59)38-34-22-16-30(26-13-19-32(20-14-26)46(55,56)57)24-36(34)61-42(38)28-9-5-2-6-10-28/h1-24H. The van der Waals surface area contributed by atoms with Crippen molar-refractivity contribution in [1.82, 2.24) is 0 Å². The molecule has 0 saturated heterocycles. The molecule has 8 aromatic rings. The lowest BCUT2D eigenvalue weighted by Crippen LogP contribution is -2.48. The molecule has 0 N–H and O–H groups in total. The van der Waals surface area contributed by atoms with Crippen LogP contribution in [0.15, 0.2) is 154 Å². The van der Waals surface area contributed by atoms with Crippen LogP contribution in [0.4, 0.5) is 52.7 Å². The summed E-state index contributed by atoms with van der Waals surface area (Å²) in [5.41, 5.74) is -6.36. The van der Waals surface area contributed by atoms with Gasteiger partial charge in [-0.15, -0.1) is 0 Å². The molecule has 1 aliphatic rings. The zero-order valence-corrected chi connectivity index (χ0v) is 30.7. The molecule has 2 heterocycles. The van der Waals surface area contributed by atoms with E-state index in [9.17, 15) is 26.3 Å². The van der Waals surface area contributed by atoms with Crippen molar-refractivity contribution in [3.63, 3.8) is 0 Å². The predicted molar refractivity (Wildman–Crippen MR) is 206 cm³/mol. The number of alkyl halides is 12. The van der Waals surface area contributed by atoms with Gasteiger partial charge in [-0.25, -0.2) is 0 Å². The Bertz CT molecular complexity index is 2790. The van der Waals surface area contributed by atoms with Crippen LogP contribution in [0.25, 0.3) is 78.0 Å². The third kappa shape index (κ3) is 6.29. The summed E-state index contributed by atoms with van der Waals surface area (Å²) >= 11 is 0. The molecule has 14 heteroatoms. The molecule has 0 bridgehead atoms. The first-order valence-corrected chi connectivity index (χ1v) is 18.3. The quantitative estimate of drug-likeness (QED) is 0.156. The highest BCUT2D eigenvalue weighted by Gasteiger charge is 2.81. The molecule has 1 aliphatic carbocycles. The fourth-order valence-corrected chi connectivity index (χ4v) is 7.73. The van der Waals surface area contributed by atoms with Crippen LogP contribution in [0, 0.1) is 0 Å². The highest BCUT2D eigenvalue weighted by atomic mass is 19.4. The lowest BCUT2D eigenvalue weighted by molar-refractivity contribution is -0.254. The van der Waals surface area contributed by atoms with E-state index in [1.165, 1.54) is 84.9 Å². The first-order valence-electron chi connectivity index (χ1n) is 18.3. The molecule has 0 amide bonds. The number of furan rings is 2. The molecule has 0 atom stereocenters. The Morgan fingerprint density at radius 3 is 1.02 bits per heavy atom. The van der Waals surface area contributed by atoms with E-state index in [1.54, 1.807) is 12.1 Å². The van der Waals surface area contributed by atoms with E-state index < -0.39 is 75.0 Å². The highest BCUT2D eigenvalue weighted by molar-refractivity contribution is 6.15. The molecular formula is C47H24F12O2.